The third-order valence-corrected chi connectivity index (χ3v) is 12.9. The molecule has 6 aliphatic rings. The fraction of sp³-hybridized carbons (Fsp3) is 0.465. The Labute approximate surface area is 290 Å². The number of hydrogen-bond acceptors (Lipinski definition) is 4. The van der Waals surface area contributed by atoms with E-state index in [-0.39, 0.29) is 58.4 Å². The van der Waals surface area contributed by atoms with E-state index < -0.39 is 0 Å². The van der Waals surface area contributed by atoms with E-state index in [0.29, 0.717) is 23.7 Å². The molecule has 2 aliphatic heterocycles. The Hall–Kier alpha value is -4.19. The van der Waals surface area contributed by atoms with Crippen molar-refractivity contribution in [1.29, 1.82) is 0 Å². The van der Waals surface area contributed by atoms with Gasteiger partial charge in [-0.05, 0) is 98.5 Å². The molecule has 0 aromatic heterocycles. The van der Waals surface area contributed by atoms with Gasteiger partial charge in [-0.25, -0.2) is 0 Å². The van der Waals surface area contributed by atoms with Crippen LogP contribution in [-0.2, 0) is 14.4 Å². The monoisotopic (exact) mass is 655 g/mol. The molecule has 0 N–H and O–H groups in total. The Kier molecular flexibility index (Phi) is 8.90. The minimum atomic E-state index is -0.229. The van der Waals surface area contributed by atoms with Crippen LogP contribution in [0.5, 0.6) is 0 Å². The Morgan fingerprint density at radius 1 is 0.571 bits per heavy atom. The van der Waals surface area contributed by atoms with E-state index in [2.05, 4.69) is 0 Å². The molecule has 2 aromatic carbocycles. The fourth-order valence-corrected chi connectivity index (χ4v) is 10.7. The van der Waals surface area contributed by atoms with Crippen LogP contribution in [0.3, 0.4) is 0 Å². The maximum absolute atomic E-state index is 14.2. The van der Waals surface area contributed by atoms with Crippen LogP contribution in [0, 0.1) is 35.5 Å². The second kappa shape index (κ2) is 13.6. The molecule has 4 aliphatic carbocycles. The first kappa shape index (κ1) is 32.0. The zero-order valence-corrected chi connectivity index (χ0v) is 28.3. The van der Waals surface area contributed by atoms with Gasteiger partial charge in [0.1, 0.15) is 0 Å². The molecule has 5 fully saturated rings. The number of allylic oxidation sites excluding steroid dienone is 4. The lowest BCUT2D eigenvalue weighted by Gasteiger charge is -2.54. The summed E-state index contributed by atoms with van der Waals surface area (Å²) in [6.45, 7) is 0. The average Bonchev–Trinajstić information content (AvgIpc) is 3.14. The number of anilines is 2. The van der Waals surface area contributed by atoms with Gasteiger partial charge in [-0.1, -0.05) is 99.2 Å². The number of para-hydroxylation sites is 2. The Morgan fingerprint density at radius 3 is 1.71 bits per heavy atom. The molecule has 0 radical (unpaired) electrons. The topological polar surface area (TPSA) is 80.7 Å². The number of nitrogens with zero attached hydrogens (tertiary/aromatic N) is 2. The van der Waals surface area contributed by atoms with E-state index in [1.807, 2.05) is 70.5 Å². The van der Waals surface area contributed by atoms with E-state index in [4.69, 9.17) is 0 Å². The number of ketones is 1. The Bertz CT molecular complexity index is 1710. The van der Waals surface area contributed by atoms with E-state index in [1.54, 1.807) is 30.4 Å². The third-order valence-electron chi connectivity index (χ3n) is 12.9. The summed E-state index contributed by atoms with van der Waals surface area (Å²) in [4.78, 5) is 46.1. The van der Waals surface area contributed by atoms with Crippen LogP contribution < -0.4 is 14.9 Å². The second-order valence-corrected chi connectivity index (χ2v) is 15.3. The molecular formula is C43H47N2O4-. The van der Waals surface area contributed by atoms with E-state index in [0.717, 1.165) is 62.7 Å². The molecule has 0 bridgehead atoms. The van der Waals surface area contributed by atoms with Crippen molar-refractivity contribution in [3.63, 3.8) is 0 Å². The smallest absolute Gasteiger partial charge is 0.262 e. The summed E-state index contributed by atoms with van der Waals surface area (Å²) in [5.41, 5.74) is 2.13. The van der Waals surface area contributed by atoms with Crippen molar-refractivity contribution in [1.82, 2.24) is 0 Å². The second-order valence-electron chi connectivity index (χ2n) is 15.3. The van der Waals surface area contributed by atoms with Crippen LogP contribution >= 0.6 is 0 Å². The summed E-state index contributed by atoms with van der Waals surface area (Å²) in [5, 5.41) is 14.0. The molecule has 1 saturated heterocycles. The molecule has 4 saturated carbocycles. The molecule has 0 spiro atoms. The summed E-state index contributed by atoms with van der Waals surface area (Å²) >= 11 is 0. The average molecular weight is 656 g/mol. The minimum absolute atomic E-state index is 0.0466. The van der Waals surface area contributed by atoms with Gasteiger partial charge in [-0.3, -0.25) is 14.4 Å². The van der Waals surface area contributed by atoms with E-state index >= 15 is 0 Å². The van der Waals surface area contributed by atoms with Crippen LogP contribution in [0.2, 0.25) is 0 Å². The summed E-state index contributed by atoms with van der Waals surface area (Å²) in [6, 6.07) is 19.5. The van der Waals surface area contributed by atoms with Crippen molar-refractivity contribution < 1.29 is 19.5 Å². The van der Waals surface area contributed by atoms with Gasteiger partial charge in [0.2, 0.25) is 0 Å². The summed E-state index contributed by atoms with van der Waals surface area (Å²) in [6.07, 6.45) is 21.4. The maximum atomic E-state index is 14.2. The molecule has 254 valence electrons. The molecular weight excluding hydrogens is 608 g/mol. The van der Waals surface area contributed by atoms with Crippen molar-refractivity contribution in [3.8, 4) is 0 Å². The number of piperidine rings is 1. The lowest BCUT2D eigenvalue weighted by atomic mass is 9.61. The lowest BCUT2D eigenvalue weighted by Crippen LogP contribution is -2.60. The zero-order valence-electron chi connectivity index (χ0n) is 28.3. The van der Waals surface area contributed by atoms with Gasteiger partial charge < -0.3 is 14.9 Å². The van der Waals surface area contributed by atoms with Gasteiger partial charge in [0.25, 0.3) is 11.8 Å². The molecule has 8 unspecified atom stereocenters. The predicted molar refractivity (Wildman–Crippen MR) is 190 cm³/mol. The van der Waals surface area contributed by atoms with Gasteiger partial charge in [0, 0.05) is 28.9 Å². The first-order valence-corrected chi connectivity index (χ1v) is 18.8. The molecule has 49 heavy (non-hydrogen) atoms. The van der Waals surface area contributed by atoms with E-state index in [9.17, 15) is 19.5 Å². The molecule has 2 aromatic rings. The SMILES string of the molecule is O=C1C(=CC=CC=CC2=C([O-])C3CCC4CCCCC4C3N(c3ccccc3)C2=O)C(=O)N(c2ccccc2)C2C1CCC1CCCCC12. The first-order valence-electron chi connectivity index (χ1n) is 18.8. The molecule has 8 atom stereocenters. The summed E-state index contributed by atoms with van der Waals surface area (Å²) < 4.78 is 0. The largest absolute Gasteiger partial charge is 0.875 e. The number of amides is 2. The van der Waals surface area contributed by atoms with E-state index in [1.165, 1.54) is 25.7 Å². The van der Waals surface area contributed by atoms with Crippen molar-refractivity contribution >= 4 is 29.0 Å². The van der Waals surface area contributed by atoms with Gasteiger partial charge in [-0.15, -0.1) is 5.76 Å². The third kappa shape index (κ3) is 5.71. The number of rotatable bonds is 5. The van der Waals surface area contributed by atoms with Crippen molar-refractivity contribution in [2.45, 2.75) is 89.1 Å². The number of carbonyl (C=O) groups excluding carboxylic acids is 3. The highest BCUT2D eigenvalue weighted by molar-refractivity contribution is 6.27. The predicted octanol–water partition coefficient (Wildman–Crippen LogP) is 7.47. The van der Waals surface area contributed by atoms with Crippen molar-refractivity contribution in [3.05, 3.63) is 108 Å². The number of benzene rings is 2. The van der Waals surface area contributed by atoms with Crippen molar-refractivity contribution in [2.24, 2.45) is 35.5 Å². The quantitative estimate of drug-likeness (QED) is 0.190. The summed E-state index contributed by atoms with van der Waals surface area (Å²) in [5.74, 6) is 0.909. The van der Waals surface area contributed by atoms with Crippen LogP contribution in [-0.4, -0.2) is 29.7 Å². The maximum Gasteiger partial charge on any atom is 0.262 e. The normalized spacial score (nSPS) is 34.3. The number of fused-ring (bicyclic) bond motifs is 6. The highest BCUT2D eigenvalue weighted by atomic mass is 16.3. The molecule has 2 heterocycles. The minimum Gasteiger partial charge on any atom is -0.875 e. The number of hydrogen-bond donors (Lipinski definition) is 0. The van der Waals surface area contributed by atoms with Crippen molar-refractivity contribution in [2.75, 3.05) is 9.80 Å². The summed E-state index contributed by atoms with van der Waals surface area (Å²) in [7, 11) is 0. The van der Waals surface area contributed by atoms with Gasteiger partial charge in [0.05, 0.1) is 11.6 Å². The fourth-order valence-electron chi connectivity index (χ4n) is 10.7. The molecule has 6 heteroatoms. The Balaban J connectivity index is 1.07. The lowest BCUT2D eigenvalue weighted by molar-refractivity contribution is -0.320. The standard InChI is InChI=1S/C43H48N2O4/c46-40-34-26-24-28-14-10-12-20-32(28)38(34)44(30-16-4-1-5-17-30)42(48)36(40)22-8-3-9-23-37-41(47)35-27-25-29-15-11-13-21-33(29)39(35)45(43(37)49)31-18-6-2-7-19-31/h1-9,16-19,22-23,28-29,32-35,38-39,46H,10-15,20-21,24-27H2/p-1. The van der Waals surface area contributed by atoms with Crippen LogP contribution in [0.1, 0.15) is 77.0 Å². The highest BCUT2D eigenvalue weighted by Crippen LogP contribution is 2.51. The van der Waals surface area contributed by atoms with Gasteiger partial charge in [-0.2, -0.15) is 0 Å². The number of Topliss-reactive ketones (excluding diaryl/α,β-unsaturated/α-hetero) is 1. The molecule has 8 rings (SSSR count). The van der Waals surface area contributed by atoms with Gasteiger partial charge >= 0.3 is 0 Å². The van der Waals surface area contributed by atoms with Crippen LogP contribution in [0.15, 0.2) is 108 Å². The first-order chi connectivity index (χ1) is 24.0. The Morgan fingerprint density at radius 2 is 1.10 bits per heavy atom. The van der Waals surface area contributed by atoms with Gasteiger partial charge in [0.15, 0.2) is 5.78 Å². The number of carbonyl (C=O) groups is 3. The highest BCUT2D eigenvalue weighted by Gasteiger charge is 2.53. The molecule has 2 amide bonds. The molecule has 6 nitrogen and oxygen atoms in total. The van der Waals surface area contributed by atoms with Crippen LogP contribution in [0.4, 0.5) is 11.4 Å². The van der Waals surface area contributed by atoms with Crippen LogP contribution in [0.25, 0.3) is 0 Å². The zero-order chi connectivity index (χ0) is 33.5.